The highest BCUT2D eigenvalue weighted by Gasteiger charge is 2.17. The molecule has 0 bridgehead atoms. The number of amides is 3. The molecule has 3 amide bonds. The summed E-state index contributed by atoms with van der Waals surface area (Å²) in [6, 6.07) is 18.3. The van der Waals surface area contributed by atoms with Crippen LogP contribution in [0, 0.1) is 5.41 Å². The van der Waals surface area contributed by atoms with Crippen LogP contribution in [0.3, 0.4) is 0 Å². The lowest BCUT2D eigenvalue weighted by molar-refractivity contribution is 0.0945. The number of amidine groups is 1. The zero-order chi connectivity index (χ0) is 30.5. The monoisotopic (exact) mass is 594 g/mol. The summed E-state index contributed by atoms with van der Waals surface area (Å²) >= 11 is 1.62. The Morgan fingerprint density at radius 2 is 1.51 bits per heavy atom. The van der Waals surface area contributed by atoms with E-state index in [1.165, 1.54) is 0 Å². The molecule has 6 N–H and O–H groups in total. The molecule has 0 aliphatic rings. The first kappa shape index (κ1) is 29.0. The number of thiazole rings is 1. The molecule has 0 saturated heterocycles. The number of rotatable bonds is 10. The summed E-state index contributed by atoms with van der Waals surface area (Å²) in [6.07, 6.45) is 7.44. The van der Waals surface area contributed by atoms with Crippen LogP contribution in [-0.2, 0) is 14.1 Å². The van der Waals surface area contributed by atoms with Gasteiger partial charge in [0.25, 0.3) is 17.7 Å². The highest BCUT2D eigenvalue weighted by atomic mass is 32.1. The van der Waals surface area contributed by atoms with Crippen LogP contribution in [0.1, 0.15) is 48.3 Å². The number of anilines is 2. The summed E-state index contributed by atoms with van der Waals surface area (Å²) in [5.74, 6) is -1.06. The molecule has 43 heavy (non-hydrogen) atoms. The molecule has 5 rings (SSSR count). The summed E-state index contributed by atoms with van der Waals surface area (Å²) in [5, 5.41) is 16.5. The quantitative estimate of drug-likeness (QED) is 0.117. The van der Waals surface area contributed by atoms with Gasteiger partial charge in [0, 0.05) is 45.0 Å². The first-order valence-electron chi connectivity index (χ1n) is 13.4. The fourth-order valence-electron chi connectivity index (χ4n) is 4.39. The van der Waals surface area contributed by atoms with Gasteiger partial charge in [-0.15, -0.1) is 11.3 Å². The van der Waals surface area contributed by atoms with E-state index in [0.717, 1.165) is 20.8 Å². The first-order valence-corrected chi connectivity index (χ1v) is 14.2. The average molecular weight is 595 g/mol. The smallest absolute Gasteiger partial charge is 0.272 e. The maximum absolute atomic E-state index is 13.0. The van der Waals surface area contributed by atoms with Crippen LogP contribution in [0.25, 0.3) is 22.4 Å². The lowest BCUT2D eigenvalue weighted by Gasteiger charge is -2.04. The van der Waals surface area contributed by atoms with E-state index in [0.29, 0.717) is 28.3 Å². The average Bonchev–Trinajstić information content (AvgIpc) is 3.67. The summed E-state index contributed by atoms with van der Waals surface area (Å²) < 4.78 is 4.34. The van der Waals surface area contributed by atoms with E-state index in [1.807, 2.05) is 48.6 Å². The van der Waals surface area contributed by atoms with Crippen molar-refractivity contribution >= 4 is 68.6 Å². The number of hydrogen-bond acceptors (Lipinski definition) is 6. The van der Waals surface area contributed by atoms with E-state index < -0.39 is 5.91 Å². The van der Waals surface area contributed by atoms with Gasteiger partial charge in [-0.2, -0.15) is 0 Å². The molecule has 0 radical (unpaired) electrons. The second kappa shape index (κ2) is 12.6. The van der Waals surface area contributed by atoms with Gasteiger partial charge in [-0.25, -0.2) is 4.98 Å². The minimum absolute atomic E-state index is 0.0129. The number of nitrogens with zero attached hydrogens (tertiary/aromatic N) is 3. The van der Waals surface area contributed by atoms with Crippen molar-refractivity contribution in [2.24, 2.45) is 19.8 Å². The summed E-state index contributed by atoms with van der Waals surface area (Å²) in [7, 11) is 3.40. The Kier molecular flexibility index (Phi) is 8.49. The number of nitrogens with one attached hydrogen (secondary N) is 4. The van der Waals surface area contributed by atoms with Crippen LogP contribution in [0.15, 0.2) is 73.1 Å². The molecule has 218 valence electrons. The number of benzene rings is 2. The maximum atomic E-state index is 13.0. The molecule has 0 fully saturated rings. The maximum Gasteiger partial charge on any atom is 0.272 e. The van der Waals surface area contributed by atoms with Crippen LogP contribution < -0.4 is 21.7 Å². The molecular formula is C31H30N8O3S. The van der Waals surface area contributed by atoms with Gasteiger partial charge in [-0.3, -0.25) is 19.8 Å². The third kappa shape index (κ3) is 7.05. The molecule has 0 aliphatic heterocycles. The predicted molar refractivity (Wildman–Crippen MR) is 171 cm³/mol. The standard InChI is InChI=1S/C31H30N8O3S/c1-38-18-22(15-24(38)30(41)34-14-13-27(32)33)36-31(42)25-16-21(17-39(25)2)35-29(40)20-10-7-19(8-11-20)9-12-28-37-23-5-3-4-6-26(23)43-28/h3-12,15-18H,13-14H2,1-2H3,(H3,32,33)(H,34,41)(H,35,40)(H,36,42)/b12-9+. The number of hydrogen-bond donors (Lipinski definition) is 5. The van der Waals surface area contributed by atoms with Crippen molar-refractivity contribution in [1.29, 1.82) is 5.41 Å². The molecule has 11 nitrogen and oxygen atoms in total. The largest absolute Gasteiger partial charge is 0.388 e. The zero-order valence-electron chi connectivity index (χ0n) is 23.5. The lowest BCUT2D eigenvalue weighted by Crippen LogP contribution is -2.28. The summed E-state index contributed by atoms with van der Waals surface area (Å²) in [6.45, 7) is 0.241. The molecule has 0 unspecified atom stereocenters. The molecule has 0 atom stereocenters. The highest BCUT2D eigenvalue weighted by molar-refractivity contribution is 7.19. The Morgan fingerprint density at radius 3 is 2.16 bits per heavy atom. The Balaban J connectivity index is 1.18. The van der Waals surface area contributed by atoms with Gasteiger partial charge in [-0.1, -0.05) is 30.3 Å². The van der Waals surface area contributed by atoms with E-state index >= 15 is 0 Å². The van der Waals surface area contributed by atoms with Gasteiger partial charge in [0.2, 0.25) is 0 Å². The van der Waals surface area contributed by atoms with Gasteiger partial charge in [0.15, 0.2) is 0 Å². The van der Waals surface area contributed by atoms with E-state index in [4.69, 9.17) is 11.1 Å². The molecule has 2 aromatic carbocycles. The minimum Gasteiger partial charge on any atom is -0.388 e. The molecule has 3 heterocycles. The minimum atomic E-state index is -0.401. The van der Waals surface area contributed by atoms with Gasteiger partial charge >= 0.3 is 0 Å². The molecule has 0 spiro atoms. The Labute approximate surface area is 251 Å². The van der Waals surface area contributed by atoms with Crippen molar-refractivity contribution in [2.45, 2.75) is 6.42 Å². The molecule has 3 aromatic heterocycles. The second-order valence-electron chi connectivity index (χ2n) is 9.86. The topological polar surface area (TPSA) is 160 Å². The van der Waals surface area contributed by atoms with Gasteiger partial charge < -0.3 is 30.8 Å². The third-order valence-corrected chi connectivity index (χ3v) is 7.57. The van der Waals surface area contributed by atoms with E-state index in [9.17, 15) is 14.4 Å². The van der Waals surface area contributed by atoms with Crippen LogP contribution in [0.4, 0.5) is 11.4 Å². The number of nitrogens with two attached hydrogens (primary N) is 1. The first-order chi connectivity index (χ1) is 20.7. The molecular weight excluding hydrogens is 564 g/mol. The van der Waals surface area contributed by atoms with Crippen molar-refractivity contribution in [3.05, 3.63) is 101 Å². The number of carbonyl (C=O) groups is 3. The second-order valence-corrected chi connectivity index (χ2v) is 10.9. The van der Waals surface area contributed by atoms with Crippen molar-refractivity contribution in [2.75, 3.05) is 17.2 Å². The molecule has 0 aliphatic carbocycles. The van der Waals surface area contributed by atoms with Crippen LogP contribution in [-0.4, -0.2) is 44.2 Å². The fraction of sp³-hybridized carbons (Fsp3) is 0.129. The van der Waals surface area contributed by atoms with Crippen molar-refractivity contribution < 1.29 is 14.4 Å². The zero-order valence-corrected chi connectivity index (χ0v) is 24.4. The Hall–Kier alpha value is -5.49. The number of para-hydroxylation sites is 1. The van der Waals surface area contributed by atoms with Crippen molar-refractivity contribution in [3.63, 3.8) is 0 Å². The van der Waals surface area contributed by atoms with Gasteiger partial charge in [-0.05, 0) is 48.0 Å². The van der Waals surface area contributed by atoms with Gasteiger partial charge in [0.1, 0.15) is 16.4 Å². The number of fused-ring (bicyclic) bond motifs is 1. The Morgan fingerprint density at radius 1 is 0.884 bits per heavy atom. The molecule has 5 aromatic rings. The fourth-order valence-corrected chi connectivity index (χ4v) is 5.26. The number of aryl methyl sites for hydroxylation is 2. The summed E-state index contributed by atoms with van der Waals surface area (Å²) in [5.41, 5.74) is 9.28. The number of carbonyl (C=O) groups excluding carboxylic acids is 3. The Bertz CT molecular complexity index is 1830. The third-order valence-electron chi connectivity index (χ3n) is 6.57. The van der Waals surface area contributed by atoms with Crippen molar-refractivity contribution in [3.8, 4) is 0 Å². The van der Waals surface area contributed by atoms with E-state index in [1.54, 1.807) is 71.2 Å². The van der Waals surface area contributed by atoms with Crippen molar-refractivity contribution in [1.82, 2.24) is 19.4 Å². The summed E-state index contributed by atoms with van der Waals surface area (Å²) in [4.78, 5) is 42.9. The number of aromatic nitrogens is 3. The normalized spacial score (nSPS) is 11.1. The van der Waals surface area contributed by atoms with Gasteiger partial charge in [0.05, 0.1) is 27.4 Å². The molecule has 0 saturated carbocycles. The highest BCUT2D eigenvalue weighted by Crippen LogP contribution is 2.23. The van der Waals surface area contributed by atoms with Crippen LogP contribution >= 0.6 is 11.3 Å². The van der Waals surface area contributed by atoms with E-state index in [-0.39, 0.29) is 30.6 Å². The van der Waals surface area contributed by atoms with Crippen LogP contribution in [0.2, 0.25) is 0 Å². The van der Waals surface area contributed by atoms with Crippen LogP contribution in [0.5, 0.6) is 0 Å². The van der Waals surface area contributed by atoms with E-state index in [2.05, 4.69) is 20.9 Å². The lowest BCUT2D eigenvalue weighted by atomic mass is 10.1. The SMILES string of the molecule is Cn1cc(NC(=O)c2cc(NC(=O)c3ccc(/C=C/c4nc5ccccc5s4)cc3)cn2C)cc1C(=O)NCCC(=N)N. The predicted octanol–water partition coefficient (Wildman–Crippen LogP) is 4.70. The molecule has 12 heteroatoms.